The zero-order valence-corrected chi connectivity index (χ0v) is 18.0. The Kier molecular flexibility index (Phi) is 5.28. The summed E-state index contributed by atoms with van der Waals surface area (Å²) >= 11 is 0. The first kappa shape index (κ1) is 20.1. The molecule has 162 valence electrons. The standard InChI is InChI=1S/C24H24N6O2/c1-16-21(17(2)30(27-16)19-11-7-4-8-12-19)22-24(31)25-13-14-29(22)15-20-26-23(28-32-20)18-9-5-3-6-10-18/h3-12,22H,13-15H2,1-2H3,(H,25,31)/t22-/m0/s1. The lowest BCUT2D eigenvalue weighted by molar-refractivity contribution is -0.129. The van der Waals surface area contributed by atoms with Gasteiger partial charge in [-0.1, -0.05) is 53.7 Å². The number of piperazine rings is 1. The molecular weight excluding hydrogens is 404 g/mol. The largest absolute Gasteiger partial charge is 0.353 e. The van der Waals surface area contributed by atoms with Gasteiger partial charge in [0.1, 0.15) is 6.04 Å². The van der Waals surface area contributed by atoms with Crippen LogP contribution in [0.1, 0.15) is 28.9 Å². The molecule has 4 aromatic rings. The van der Waals surface area contributed by atoms with Crippen molar-refractivity contribution in [3.8, 4) is 17.1 Å². The van der Waals surface area contributed by atoms with E-state index in [-0.39, 0.29) is 5.91 Å². The third-order valence-electron chi connectivity index (χ3n) is 5.77. The number of carbonyl (C=O) groups excluding carboxylic acids is 1. The molecule has 0 unspecified atom stereocenters. The molecule has 5 rings (SSSR count). The van der Waals surface area contributed by atoms with Gasteiger partial charge in [0, 0.05) is 29.9 Å². The van der Waals surface area contributed by atoms with Crippen molar-refractivity contribution < 1.29 is 9.32 Å². The van der Waals surface area contributed by atoms with E-state index >= 15 is 0 Å². The summed E-state index contributed by atoms with van der Waals surface area (Å²) < 4.78 is 7.41. The van der Waals surface area contributed by atoms with E-state index < -0.39 is 6.04 Å². The molecule has 0 bridgehead atoms. The van der Waals surface area contributed by atoms with Gasteiger partial charge in [0.2, 0.25) is 17.6 Å². The summed E-state index contributed by atoms with van der Waals surface area (Å²) in [5.41, 5.74) is 4.54. The minimum atomic E-state index is -0.478. The van der Waals surface area contributed by atoms with E-state index in [0.29, 0.717) is 31.3 Å². The number of para-hydroxylation sites is 1. The topological polar surface area (TPSA) is 89.1 Å². The number of hydrogen-bond acceptors (Lipinski definition) is 6. The monoisotopic (exact) mass is 428 g/mol. The first-order chi connectivity index (χ1) is 15.6. The molecule has 1 N–H and O–H groups in total. The van der Waals surface area contributed by atoms with Crippen LogP contribution < -0.4 is 5.32 Å². The fourth-order valence-corrected chi connectivity index (χ4v) is 4.27. The molecule has 0 saturated carbocycles. The van der Waals surface area contributed by atoms with Crippen molar-refractivity contribution in [1.29, 1.82) is 0 Å². The van der Waals surface area contributed by atoms with Crippen LogP contribution in [0.3, 0.4) is 0 Å². The summed E-state index contributed by atoms with van der Waals surface area (Å²) in [4.78, 5) is 19.6. The van der Waals surface area contributed by atoms with Crippen LogP contribution in [0.2, 0.25) is 0 Å². The number of benzene rings is 2. The van der Waals surface area contributed by atoms with Crippen LogP contribution in [-0.2, 0) is 11.3 Å². The molecule has 0 spiro atoms. The van der Waals surface area contributed by atoms with Gasteiger partial charge in [-0.25, -0.2) is 4.68 Å². The Morgan fingerprint density at radius 2 is 1.78 bits per heavy atom. The van der Waals surface area contributed by atoms with E-state index in [1.54, 1.807) is 0 Å². The van der Waals surface area contributed by atoms with Gasteiger partial charge in [0.15, 0.2) is 0 Å². The van der Waals surface area contributed by atoms with Gasteiger partial charge < -0.3 is 9.84 Å². The summed E-state index contributed by atoms with van der Waals surface area (Å²) in [5, 5.41) is 11.8. The zero-order chi connectivity index (χ0) is 22.1. The lowest BCUT2D eigenvalue weighted by atomic mass is 10.00. The van der Waals surface area contributed by atoms with Crippen molar-refractivity contribution in [2.75, 3.05) is 13.1 Å². The number of rotatable bonds is 5. The Balaban J connectivity index is 1.46. The van der Waals surface area contributed by atoms with Crippen molar-refractivity contribution in [3.05, 3.63) is 83.5 Å². The Morgan fingerprint density at radius 1 is 1.06 bits per heavy atom. The molecule has 2 aromatic heterocycles. The number of hydrogen-bond donors (Lipinski definition) is 1. The van der Waals surface area contributed by atoms with Crippen LogP contribution in [-0.4, -0.2) is 43.8 Å². The molecule has 1 aliphatic rings. The van der Waals surface area contributed by atoms with E-state index in [2.05, 4.69) is 20.4 Å². The van der Waals surface area contributed by atoms with Crippen molar-refractivity contribution in [2.45, 2.75) is 26.4 Å². The predicted octanol–water partition coefficient (Wildman–Crippen LogP) is 3.21. The van der Waals surface area contributed by atoms with E-state index in [0.717, 1.165) is 28.2 Å². The second-order valence-electron chi connectivity index (χ2n) is 7.87. The quantitative estimate of drug-likeness (QED) is 0.525. The molecule has 8 nitrogen and oxygen atoms in total. The van der Waals surface area contributed by atoms with Crippen LogP contribution in [0.15, 0.2) is 65.2 Å². The first-order valence-electron chi connectivity index (χ1n) is 10.6. The van der Waals surface area contributed by atoms with Gasteiger partial charge in [-0.3, -0.25) is 9.69 Å². The molecule has 3 heterocycles. The number of aromatic nitrogens is 4. The molecule has 8 heteroatoms. The molecule has 0 radical (unpaired) electrons. The Bertz CT molecular complexity index is 1230. The highest BCUT2D eigenvalue weighted by atomic mass is 16.5. The molecule has 1 atom stereocenters. The van der Waals surface area contributed by atoms with Crippen molar-refractivity contribution in [3.63, 3.8) is 0 Å². The Morgan fingerprint density at radius 3 is 2.53 bits per heavy atom. The second-order valence-corrected chi connectivity index (χ2v) is 7.87. The Labute approximate surface area is 185 Å². The lowest BCUT2D eigenvalue weighted by Crippen LogP contribution is -2.49. The number of aryl methyl sites for hydroxylation is 1. The third-order valence-corrected chi connectivity index (χ3v) is 5.77. The minimum Gasteiger partial charge on any atom is -0.353 e. The van der Waals surface area contributed by atoms with Gasteiger partial charge in [0.05, 0.1) is 17.9 Å². The summed E-state index contributed by atoms with van der Waals surface area (Å²) in [6.45, 7) is 5.58. The summed E-state index contributed by atoms with van der Waals surface area (Å²) in [6.07, 6.45) is 0. The number of carbonyl (C=O) groups is 1. The van der Waals surface area contributed by atoms with Gasteiger partial charge in [-0.05, 0) is 26.0 Å². The highest BCUT2D eigenvalue weighted by molar-refractivity contribution is 5.84. The summed E-state index contributed by atoms with van der Waals surface area (Å²) in [5.74, 6) is 0.982. The third kappa shape index (κ3) is 3.69. The normalized spacial score (nSPS) is 16.8. The smallest absolute Gasteiger partial charge is 0.242 e. The van der Waals surface area contributed by atoms with E-state index in [1.807, 2.05) is 79.2 Å². The molecule has 0 aliphatic carbocycles. The van der Waals surface area contributed by atoms with Gasteiger partial charge in [-0.2, -0.15) is 10.1 Å². The van der Waals surface area contributed by atoms with Gasteiger partial charge >= 0.3 is 0 Å². The van der Waals surface area contributed by atoms with Crippen molar-refractivity contribution in [2.24, 2.45) is 0 Å². The fourth-order valence-electron chi connectivity index (χ4n) is 4.27. The highest BCUT2D eigenvalue weighted by Gasteiger charge is 2.36. The van der Waals surface area contributed by atoms with Crippen LogP contribution >= 0.6 is 0 Å². The highest BCUT2D eigenvalue weighted by Crippen LogP contribution is 2.31. The predicted molar refractivity (Wildman–Crippen MR) is 119 cm³/mol. The minimum absolute atomic E-state index is 0.0436. The van der Waals surface area contributed by atoms with Crippen LogP contribution in [0, 0.1) is 13.8 Å². The molecule has 1 saturated heterocycles. The maximum absolute atomic E-state index is 13.0. The molecule has 32 heavy (non-hydrogen) atoms. The SMILES string of the molecule is Cc1nn(-c2ccccc2)c(C)c1[C@H]1C(=O)NCCN1Cc1nc(-c2ccccc2)no1. The molecule has 2 aromatic carbocycles. The Hall–Kier alpha value is -3.78. The van der Waals surface area contributed by atoms with Crippen LogP contribution in [0.25, 0.3) is 17.1 Å². The molecular formula is C24H24N6O2. The molecule has 1 aliphatic heterocycles. The number of nitrogens with zero attached hydrogens (tertiary/aromatic N) is 5. The van der Waals surface area contributed by atoms with Gasteiger partial charge in [0.25, 0.3) is 0 Å². The van der Waals surface area contributed by atoms with Crippen molar-refractivity contribution >= 4 is 5.91 Å². The maximum atomic E-state index is 13.0. The fraction of sp³-hybridized carbons (Fsp3) is 0.250. The molecule has 1 amide bonds. The van der Waals surface area contributed by atoms with Gasteiger partial charge in [-0.15, -0.1) is 0 Å². The average molecular weight is 428 g/mol. The summed E-state index contributed by atoms with van der Waals surface area (Å²) in [6, 6.07) is 19.2. The second kappa shape index (κ2) is 8.39. The van der Waals surface area contributed by atoms with Crippen molar-refractivity contribution in [1.82, 2.24) is 30.1 Å². The van der Waals surface area contributed by atoms with Crippen LogP contribution in [0.5, 0.6) is 0 Å². The average Bonchev–Trinajstić information content (AvgIpc) is 3.40. The number of amides is 1. The first-order valence-corrected chi connectivity index (χ1v) is 10.6. The molecule has 1 fully saturated rings. The van der Waals surface area contributed by atoms with E-state index in [4.69, 9.17) is 9.62 Å². The van der Waals surface area contributed by atoms with Crippen LogP contribution in [0.4, 0.5) is 0 Å². The van der Waals surface area contributed by atoms with E-state index in [1.165, 1.54) is 0 Å². The zero-order valence-electron chi connectivity index (χ0n) is 18.0. The lowest BCUT2D eigenvalue weighted by Gasteiger charge is -2.34. The maximum Gasteiger partial charge on any atom is 0.242 e. The van der Waals surface area contributed by atoms with E-state index in [9.17, 15) is 4.79 Å². The summed E-state index contributed by atoms with van der Waals surface area (Å²) in [7, 11) is 0. The number of nitrogens with one attached hydrogen (secondary N) is 1.